The van der Waals surface area contributed by atoms with Crippen molar-refractivity contribution in [1.82, 2.24) is 20.1 Å². The first-order valence-electron chi connectivity index (χ1n) is 8.56. The Kier molecular flexibility index (Phi) is 5.48. The normalized spacial score (nSPS) is 20.3. The summed E-state index contributed by atoms with van der Waals surface area (Å²) in [6, 6.07) is 3.45. The number of ether oxygens (including phenoxy) is 1. The molecule has 0 radical (unpaired) electrons. The summed E-state index contributed by atoms with van der Waals surface area (Å²) in [5.41, 5.74) is 2.36. The van der Waals surface area contributed by atoms with Crippen LogP contribution in [-0.2, 0) is 11.3 Å². The average Bonchev–Trinajstić information content (AvgIpc) is 2.84. The minimum atomic E-state index is -0.305. The number of carbonyl (C=O) groups is 1. The molecule has 8 heteroatoms. The van der Waals surface area contributed by atoms with Crippen LogP contribution in [0.25, 0.3) is 0 Å². The first-order valence-corrected chi connectivity index (χ1v) is 8.93. The molecule has 7 nitrogen and oxygen atoms in total. The Balaban J connectivity index is 1.74. The Labute approximate surface area is 157 Å². The molecule has 3 rings (SSSR count). The number of nitrogens with zero attached hydrogens (tertiary/aromatic N) is 3. The molecule has 1 aliphatic carbocycles. The number of halogens is 1. The molecule has 140 valence electrons. The first kappa shape index (κ1) is 18.7. The van der Waals surface area contributed by atoms with Gasteiger partial charge in [-0.1, -0.05) is 17.7 Å². The highest BCUT2D eigenvalue weighted by atomic mass is 35.5. The van der Waals surface area contributed by atoms with Gasteiger partial charge < -0.3 is 15.2 Å². The van der Waals surface area contributed by atoms with Gasteiger partial charge in [-0.2, -0.15) is 5.10 Å². The van der Waals surface area contributed by atoms with Crippen LogP contribution < -0.4 is 10.1 Å². The SMILES string of the molecule is COc1ccc([C@H](NC(=O)Cn2nc(C)c(Cl)c2C)C2CC(O)C2)cn1. The quantitative estimate of drug-likeness (QED) is 0.804. The molecule has 1 atom stereocenters. The van der Waals surface area contributed by atoms with E-state index in [1.54, 1.807) is 24.1 Å². The molecular weight excluding hydrogens is 356 g/mol. The number of aryl methyl sites for hydroxylation is 1. The fourth-order valence-corrected chi connectivity index (χ4v) is 3.39. The number of methoxy groups -OCH3 is 1. The van der Waals surface area contributed by atoms with Crippen LogP contribution in [0.5, 0.6) is 5.88 Å². The van der Waals surface area contributed by atoms with Crippen molar-refractivity contribution in [3.63, 3.8) is 0 Å². The van der Waals surface area contributed by atoms with Crippen LogP contribution in [0, 0.1) is 19.8 Å². The van der Waals surface area contributed by atoms with Gasteiger partial charge in [0.05, 0.1) is 35.7 Å². The van der Waals surface area contributed by atoms with E-state index in [9.17, 15) is 9.90 Å². The van der Waals surface area contributed by atoms with Crippen LogP contribution in [0.15, 0.2) is 18.3 Å². The molecule has 2 aromatic rings. The summed E-state index contributed by atoms with van der Waals surface area (Å²) >= 11 is 6.15. The molecule has 0 bridgehead atoms. The molecule has 26 heavy (non-hydrogen) atoms. The topological polar surface area (TPSA) is 89.3 Å². The number of amides is 1. The molecule has 1 saturated carbocycles. The van der Waals surface area contributed by atoms with E-state index >= 15 is 0 Å². The van der Waals surface area contributed by atoms with Gasteiger partial charge in [-0.25, -0.2) is 4.98 Å². The molecule has 0 unspecified atom stereocenters. The Hall–Kier alpha value is -2.12. The zero-order chi connectivity index (χ0) is 18.8. The fourth-order valence-electron chi connectivity index (χ4n) is 3.26. The lowest BCUT2D eigenvalue weighted by atomic mass is 9.75. The van der Waals surface area contributed by atoms with Gasteiger partial charge in [0.15, 0.2) is 0 Å². The second-order valence-electron chi connectivity index (χ2n) is 6.71. The first-order chi connectivity index (χ1) is 12.4. The van der Waals surface area contributed by atoms with E-state index in [-0.39, 0.29) is 30.5 Å². The molecule has 0 aliphatic heterocycles. The van der Waals surface area contributed by atoms with E-state index in [2.05, 4.69) is 15.4 Å². The van der Waals surface area contributed by atoms with E-state index < -0.39 is 0 Å². The highest BCUT2D eigenvalue weighted by molar-refractivity contribution is 6.31. The third-order valence-corrected chi connectivity index (χ3v) is 5.40. The smallest absolute Gasteiger partial charge is 0.242 e. The largest absolute Gasteiger partial charge is 0.481 e. The van der Waals surface area contributed by atoms with E-state index in [1.807, 2.05) is 19.9 Å². The summed E-state index contributed by atoms with van der Waals surface area (Å²) < 4.78 is 6.69. The van der Waals surface area contributed by atoms with Crippen LogP contribution in [-0.4, -0.2) is 39.0 Å². The minimum Gasteiger partial charge on any atom is -0.481 e. The molecule has 1 amide bonds. The molecule has 1 fully saturated rings. The van der Waals surface area contributed by atoms with Gasteiger partial charge in [-0.05, 0) is 38.2 Å². The predicted molar refractivity (Wildman–Crippen MR) is 97.1 cm³/mol. The maximum absolute atomic E-state index is 12.6. The number of aliphatic hydroxyl groups excluding tert-OH is 1. The van der Waals surface area contributed by atoms with Crippen molar-refractivity contribution in [3.05, 3.63) is 40.3 Å². The monoisotopic (exact) mass is 378 g/mol. The summed E-state index contributed by atoms with van der Waals surface area (Å²) in [4.78, 5) is 16.8. The van der Waals surface area contributed by atoms with Crippen molar-refractivity contribution < 1.29 is 14.6 Å². The predicted octanol–water partition coefficient (Wildman–Crippen LogP) is 2.19. The van der Waals surface area contributed by atoms with Crippen molar-refractivity contribution >= 4 is 17.5 Å². The second kappa shape index (κ2) is 7.63. The number of nitrogens with one attached hydrogen (secondary N) is 1. The van der Waals surface area contributed by atoms with Gasteiger partial charge in [0, 0.05) is 12.3 Å². The zero-order valence-corrected chi connectivity index (χ0v) is 15.8. The molecule has 0 aromatic carbocycles. The standard InChI is InChI=1S/C18H23ClN4O3/c1-10-17(19)11(2)23(22-10)9-15(25)21-18(13-6-14(24)7-13)12-4-5-16(26-3)20-8-12/h4-5,8,13-14,18,24H,6-7,9H2,1-3H3,(H,21,25)/t13?,14?,18-/m0/s1. The number of carbonyl (C=O) groups excluding carboxylic acids is 1. The molecule has 0 saturated heterocycles. The van der Waals surface area contributed by atoms with Crippen LogP contribution in [0.2, 0.25) is 5.02 Å². The number of hydrogen-bond donors (Lipinski definition) is 2. The molecule has 1 aliphatic rings. The van der Waals surface area contributed by atoms with Crippen molar-refractivity contribution in [2.75, 3.05) is 7.11 Å². The minimum absolute atomic E-state index is 0.0920. The highest BCUT2D eigenvalue weighted by Gasteiger charge is 2.36. The van der Waals surface area contributed by atoms with Gasteiger partial charge in [0.25, 0.3) is 0 Å². The van der Waals surface area contributed by atoms with Crippen LogP contribution in [0.4, 0.5) is 0 Å². The van der Waals surface area contributed by atoms with Gasteiger partial charge in [0.1, 0.15) is 6.54 Å². The van der Waals surface area contributed by atoms with Crippen LogP contribution in [0.1, 0.15) is 35.8 Å². The van der Waals surface area contributed by atoms with Gasteiger partial charge in [-0.3, -0.25) is 9.48 Å². The number of aliphatic hydroxyl groups is 1. The molecule has 2 aromatic heterocycles. The molecule has 2 heterocycles. The van der Waals surface area contributed by atoms with Gasteiger partial charge in [0.2, 0.25) is 11.8 Å². The number of rotatable bonds is 6. The van der Waals surface area contributed by atoms with Crippen molar-refractivity contribution in [1.29, 1.82) is 0 Å². The average molecular weight is 379 g/mol. The molecule has 0 spiro atoms. The Morgan fingerprint density at radius 3 is 2.69 bits per heavy atom. The maximum atomic E-state index is 12.6. The van der Waals surface area contributed by atoms with E-state index in [0.717, 1.165) is 11.3 Å². The highest BCUT2D eigenvalue weighted by Crippen LogP contribution is 2.38. The second-order valence-corrected chi connectivity index (χ2v) is 7.08. The third-order valence-electron chi connectivity index (χ3n) is 4.85. The maximum Gasteiger partial charge on any atom is 0.242 e. The van der Waals surface area contributed by atoms with E-state index in [0.29, 0.717) is 29.4 Å². The Morgan fingerprint density at radius 2 is 2.19 bits per heavy atom. The Morgan fingerprint density at radius 1 is 1.46 bits per heavy atom. The lowest BCUT2D eigenvalue weighted by molar-refractivity contribution is -0.123. The van der Waals surface area contributed by atoms with Crippen LogP contribution in [0.3, 0.4) is 0 Å². The van der Waals surface area contributed by atoms with E-state index in [1.165, 1.54) is 0 Å². The lowest BCUT2D eigenvalue weighted by Crippen LogP contribution is -2.42. The van der Waals surface area contributed by atoms with Gasteiger partial charge >= 0.3 is 0 Å². The summed E-state index contributed by atoms with van der Waals surface area (Å²) in [6.07, 6.45) is 2.71. The summed E-state index contributed by atoms with van der Waals surface area (Å²) in [5, 5.41) is 17.6. The number of aromatic nitrogens is 3. The van der Waals surface area contributed by atoms with Crippen LogP contribution >= 0.6 is 11.6 Å². The van der Waals surface area contributed by atoms with Gasteiger partial charge in [-0.15, -0.1) is 0 Å². The molecular formula is C18H23ClN4O3. The summed E-state index contributed by atoms with van der Waals surface area (Å²) in [5.74, 6) is 0.535. The number of hydrogen-bond acceptors (Lipinski definition) is 5. The zero-order valence-electron chi connectivity index (χ0n) is 15.1. The lowest BCUT2D eigenvalue weighted by Gasteiger charge is -2.38. The summed E-state index contributed by atoms with van der Waals surface area (Å²) in [6.45, 7) is 3.74. The van der Waals surface area contributed by atoms with Crippen molar-refractivity contribution in [2.24, 2.45) is 5.92 Å². The third kappa shape index (κ3) is 3.83. The fraction of sp³-hybridized carbons (Fsp3) is 0.500. The summed E-state index contributed by atoms with van der Waals surface area (Å²) in [7, 11) is 1.56. The number of pyridine rings is 1. The molecule has 2 N–H and O–H groups in total. The van der Waals surface area contributed by atoms with Crippen molar-refractivity contribution in [2.45, 2.75) is 45.4 Å². The Bertz CT molecular complexity index is 784. The van der Waals surface area contributed by atoms with Crippen molar-refractivity contribution in [3.8, 4) is 5.88 Å². The van der Waals surface area contributed by atoms with E-state index in [4.69, 9.17) is 16.3 Å².